The van der Waals surface area contributed by atoms with Gasteiger partial charge in [0.15, 0.2) is 5.13 Å². The lowest BCUT2D eigenvalue weighted by Gasteiger charge is -2.34. The highest BCUT2D eigenvalue weighted by molar-refractivity contribution is 7.15. The minimum Gasteiger partial charge on any atom is -0.392 e. The fourth-order valence-electron chi connectivity index (χ4n) is 2.89. The number of likely N-dealkylation sites (tertiary alicyclic amines) is 1. The number of nitrogens with two attached hydrogens (primary N) is 1. The van der Waals surface area contributed by atoms with E-state index >= 15 is 0 Å². The molecule has 122 valence electrons. The standard InChI is InChI=1S/C14H26N4OS.ClH/c1-11(19)8-18-5-3-12(4-6-18)9-17(2)10-13-7-16-14(15)20-13;/h7,11-12,19H,3-6,8-10H2,1-2H3,(H2,15,16);1H. The Morgan fingerprint density at radius 3 is 2.71 bits per heavy atom. The second-order valence-corrected chi connectivity index (χ2v) is 7.10. The second-order valence-electron chi connectivity index (χ2n) is 5.95. The summed E-state index contributed by atoms with van der Waals surface area (Å²) in [5.41, 5.74) is 5.66. The summed E-state index contributed by atoms with van der Waals surface area (Å²) >= 11 is 1.57. The third kappa shape index (κ3) is 6.48. The molecule has 0 aliphatic carbocycles. The molecule has 0 amide bonds. The lowest BCUT2D eigenvalue weighted by atomic mass is 9.96. The van der Waals surface area contributed by atoms with Crippen LogP contribution in [0.15, 0.2) is 6.20 Å². The molecule has 0 spiro atoms. The number of rotatable bonds is 6. The lowest BCUT2D eigenvalue weighted by Crippen LogP contribution is -2.40. The summed E-state index contributed by atoms with van der Waals surface area (Å²) < 4.78 is 0. The zero-order valence-electron chi connectivity index (χ0n) is 12.9. The van der Waals surface area contributed by atoms with E-state index in [1.54, 1.807) is 11.3 Å². The molecular weight excluding hydrogens is 308 g/mol. The van der Waals surface area contributed by atoms with Gasteiger partial charge in [-0.15, -0.1) is 23.7 Å². The van der Waals surface area contributed by atoms with Crippen LogP contribution in [0.3, 0.4) is 0 Å². The van der Waals surface area contributed by atoms with Crippen molar-refractivity contribution in [3.8, 4) is 0 Å². The van der Waals surface area contributed by atoms with E-state index in [0.717, 1.165) is 38.6 Å². The zero-order valence-corrected chi connectivity index (χ0v) is 14.5. The molecule has 5 nitrogen and oxygen atoms in total. The molecule has 0 aromatic carbocycles. The Balaban J connectivity index is 0.00000220. The van der Waals surface area contributed by atoms with E-state index in [4.69, 9.17) is 5.73 Å². The molecule has 1 fully saturated rings. The summed E-state index contributed by atoms with van der Waals surface area (Å²) in [6.07, 6.45) is 4.11. The number of anilines is 1. The molecule has 1 aromatic rings. The number of aliphatic hydroxyl groups is 1. The third-order valence-corrected chi connectivity index (χ3v) is 4.61. The van der Waals surface area contributed by atoms with Crippen LogP contribution >= 0.6 is 23.7 Å². The van der Waals surface area contributed by atoms with Crippen molar-refractivity contribution >= 4 is 28.9 Å². The summed E-state index contributed by atoms with van der Waals surface area (Å²) in [6, 6.07) is 0. The largest absolute Gasteiger partial charge is 0.392 e. The van der Waals surface area contributed by atoms with Crippen molar-refractivity contribution in [3.05, 3.63) is 11.1 Å². The Morgan fingerprint density at radius 2 is 2.19 bits per heavy atom. The molecule has 2 rings (SSSR count). The van der Waals surface area contributed by atoms with Crippen molar-refractivity contribution in [2.24, 2.45) is 5.92 Å². The molecule has 1 aromatic heterocycles. The van der Waals surface area contributed by atoms with Crippen LogP contribution in [0.2, 0.25) is 0 Å². The molecule has 1 aliphatic heterocycles. The van der Waals surface area contributed by atoms with Gasteiger partial charge in [-0.1, -0.05) is 0 Å². The number of β-amino-alcohol motifs (C(OH)–C–C–N with tert-alkyl or cyclic N) is 1. The first-order chi connectivity index (χ1) is 9.52. The molecular formula is C14H27ClN4OS. The number of piperidine rings is 1. The molecule has 1 atom stereocenters. The SMILES string of the molecule is CC(O)CN1CCC(CN(C)Cc2cnc(N)s2)CC1.Cl. The molecule has 7 heteroatoms. The summed E-state index contributed by atoms with van der Waals surface area (Å²) in [6.45, 7) is 6.94. The van der Waals surface area contributed by atoms with Crippen molar-refractivity contribution < 1.29 is 5.11 Å². The van der Waals surface area contributed by atoms with Gasteiger partial charge in [0.2, 0.25) is 0 Å². The molecule has 2 heterocycles. The van der Waals surface area contributed by atoms with Crippen LogP contribution in [0.5, 0.6) is 0 Å². The molecule has 0 saturated carbocycles. The van der Waals surface area contributed by atoms with Crippen LogP contribution in [-0.4, -0.2) is 59.2 Å². The van der Waals surface area contributed by atoms with Gasteiger partial charge in [-0.3, -0.25) is 0 Å². The Hall–Kier alpha value is -0.400. The van der Waals surface area contributed by atoms with Crippen molar-refractivity contribution in [1.82, 2.24) is 14.8 Å². The number of aliphatic hydroxyl groups excluding tert-OH is 1. The Labute approximate surface area is 137 Å². The van der Waals surface area contributed by atoms with E-state index in [-0.39, 0.29) is 18.5 Å². The van der Waals surface area contributed by atoms with Crippen LogP contribution < -0.4 is 5.73 Å². The van der Waals surface area contributed by atoms with Crippen molar-refractivity contribution in [2.75, 3.05) is 39.0 Å². The van der Waals surface area contributed by atoms with E-state index in [0.29, 0.717) is 5.13 Å². The normalized spacial score (nSPS) is 18.7. The Morgan fingerprint density at radius 1 is 1.52 bits per heavy atom. The lowest BCUT2D eigenvalue weighted by molar-refractivity contribution is 0.0920. The highest BCUT2D eigenvalue weighted by atomic mass is 35.5. The highest BCUT2D eigenvalue weighted by Crippen LogP contribution is 2.20. The summed E-state index contributed by atoms with van der Waals surface area (Å²) in [7, 11) is 2.16. The minimum absolute atomic E-state index is 0. The van der Waals surface area contributed by atoms with Crippen LogP contribution in [0.1, 0.15) is 24.6 Å². The molecule has 1 aliphatic rings. The van der Waals surface area contributed by atoms with Gasteiger partial charge >= 0.3 is 0 Å². The number of hydrogen-bond donors (Lipinski definition) is 2. The smallest absolute Gasteiger partial charge is 0.180 e. The van der Waals surface area contributed by atoms with Gasteiger partial charge in [0.25, 0.3) is 0 Å². The first-order valence-electron chi connectivity index (χ1n) is 7.32. The number of halogens is 1. The van der Waals surface area contributed by atoms with Gasteiger partial charge < -0.3 is 20.6 Å². The van der Waals surface area contributed by atoms with Crippen LogP contribution in [0.25, 0.3) is 0 Å². The van der Waals surface area contributed by atoms with Gasteiger partial charge in [-0.25, -0.2) is 4.98 Å². The molecule has 3 N–H and O–H groups in total. The van der Waals surface area contributed by atoms with E-state index in [1.165, 1.54) is 17.7 Å². The zero-order chi connectivity index (χ0) is 14.5. The number of aromatic nitrogens is 1. The minimum atomic E-state index is -0.217. The fraction of sp³-hybridized carbons (Fsp3) is 0.786. The van der Waals surface area contributed by atoms with Gasteiger partial charge in [0, 0.05) is 30.7 Å². The first kappa shape index (κ1) is 18.6. The summed E-state index contributed by atoms with van der Waals surface area (Å²) in [4.78, 5) is 10.1. The monoisotopic (exact) mass is 334 g/mol. The summed E-state index contributed by atoms with van der Waals surface area (Å²) in [5.74, 6) is 0.760. The predicted octanol–water partition coefficient (Wildman–Crippen LogP) is 1.67. The average Bonchev–Trinajstić information content (AvgIpc) is 2.76. The van der Waals surface area contributed by atoms with Crippen LogP contribution in [0.4, 0.5) is 5.13 Å². The van der Waals surface area contributed by atoms with Crippen LogP contribution in [0, 0.1) is 5.92 Å². The van der Waals surface area contributed by atoms with E-state index in [1.807, 2.05) is 13.1 Å². The van der Waals surface area contributed by atoms with Gasteiger partial charge in [-0.2, -0.15) is 0 Å². The maximum atomic E-state index is 9.42. The van der Waals surface area contributed by atoms with Crippen molar-refractivity contribution in [2.45, 2.75) is 32.4 Å². The van der Waals surface area contributed by atoms with E-state index in [9.17, 15) is 5.11 Å². The van der Waals surface area contributed by atoms with E-state index < -0.39 is 0 Å². The number of nitrogens with zero attached hydrogens (tertiary/aromatic N) is 3. The summed E-state index contributed by atoms with van der Waals surface area (Å²) in [5, 5.41) is 10.1. The molecule has 0 radical (unpaired) electrons. The quantitative estimate of drug-likeness (QED) is 0.828. The maximum Gasteiger partial charge on any atom is 0.180 e. The first-order valence-corrected chi connectivity index (χ1v) is 8.13. The molecule has 1 saturated heterocycles. The Bertz CT molecular complexity index is 407. The molecule has 21 heavy (non-hydrogen) atoms. The highest BCUT2D eigenvalue weighted by Gasteiger charge is 2.21. The second kappa shape index (κ2) is 8.90. The number of nitrogen functional groups attached to an aromatic ring is 1. The van der Waals surface area contributed by atoms with Crippen molar-refractivity contribution in [1.29, 1.82) is 0 Å². The predicted molar refractivity (Wildman–Crippen MR) is 91.0 cm³/mol. The average molecular weight is 335 g/mol. The topological polar surface area (TPSA) is 65.6 Å². The molecule has 1 unspecified atom stereocenters. The Kier molecular flexibility index (Phi) is 7.90. The van der Waals surface area contributed by atoms with Gasteiger partial charge in [0.05, 0.1) is 6.10 Å². The van der Waals surface area contributed by atoms with Gasteiger partial charge in [-0.05, 0) is 45.8 Å². The van der Waals surface area contributed by atoms with E-state index in [2.05, 4.69) is 21.8 Å². The number of thiazole rings is 1. The fourth-order valence-corrected chi connectivity index (χ4v) is 3.66. The van der Waals surface area contributed by atoms with Crippen molar-refractivity contribution in [3.63, 3.8) is 0 Å². The van der Waals surface area contributed by atoms with Crippen LogP contribution in [-0.2, 0) is 6.54 Å². The molecule has 0 bridgehead atoms. The third-order valence-electron chi connectivity index (χ3n) is 3.80. The number of hydrogen-bond acceptors (Lipinski definition) is 6. The maximum absolute atomic E-state index is 9.42. The van der Waals surface area contributed by atoms with Gasteiger partial charge in [0.1, 0.15) is 0 Å².